The van der Waals surface area contributed by atoms with Crippen molar-refractivity contribution in [2.45, 2.75) is 19.4 Å². The standard InChI is InChI=1S/C14H19NO3S/c1-15(14(17)6-4-8-18-2)10-13-9-12(11-19-13)5-3-7-16/h9,11,16H,4,6-8,10H2,1-2H3. The molecule has 104 valence electrons. The summed E-state index contributed by atoms with van der Waals surface area (Å²) < 4.78 is 4.93. The number of methoxy groups -OCH3 is 1. The van der Waals surface area contributed by atoms with Crippen LogP contribution in [0.5, 0.6) is 0 Å². The first-order valence-corrected chi connectivity index (χ1v) is 6.95. The molecule has 0 radical (unpaired) electrons. The fourth-order valence-corrected chi connectivity index (χ4v) is 2.42. The molecule has 0 atom stereocenters. The third kappa shape index (κ3) is 5.88. The average molecular weight is 281 g/mol. The minimum Gasteiger partial charge on any atom is -0.385 e. The van der Waals surface area contributed by atoms with Crippen molar-refractivity contribution < 1.29 is 14.6 Å². The number of nitrogens with zero attached hydrogens (tertiary/aromatic N) is 1. The zero-order valence-electron chi connectivity index (χ0n) is 11.3. The van der Waals surface area contributed by atoms with E-state index < -0.39 is 0 Å². The van der Waals surface area contributed by atoms with Crippen molar-refractivity contribution in [3.8, 4) is 11.8 Å². The molecular weight excluding hydrogens is 262 g/mol. The highest BCUT2D eigenvalue weighted by Crippen LogP contribution is 2.16. The molecule has 0 aliphatic heterocycles. The van der Waals surface area contributed by atoms with Gasteiger partial charge in [0.05, 0.1) is 6.54 Å². The van der Waals surface area contributed by atoms with Gasteiger partial charge in [0.25, 0.3) is 0 Å². The maximum atomic E-state index is 11.8. The van der Waals surface area contributed by atoms with Gasteiger partial charge in [-0.2, -0.15) is 0 Å². The van der Waals surface area contributed by atoms with Crippen LogP contribution in [0.1, 0.15) is 23.3 Å². The molecule has 0 bridgehead atoms. The molecule has 19 heavy (non-hydrogen) atoms. The predicted molar refractivity (Wildman–Crippen MR) is 75.9 cm³/mol. The van der Waals surface area contributed by atoms with E-state index in [1.165, 1.54) is 0 Å². The van der Waals surface area contributed by atoms with Crippen molar-refractivity contribution >= 4 is 17.2 Å². The quantitative estimate of drug-likeness (QED) is 0.634. The number of rotatable bonds is 6. The fraction of sp³-hybridized carbons (Fsp3) is 0.500. The number of carbonyl (C=O) groups excluding carboxylic acids is 1. The summed E-state index contributed by atoms with van der Waals surface area (Å²) in [5.74, 6) is 5.57. The molecule has 5 heteroatoms. The lowest BCUT2D eigenvalue weighted by molar-refractivity contribution is -0.130. The molecule has 0 fully saturated rings. The van der Waals surface area contributed by atoms with E-state index in [0.29, 0.717) is 19.6 Å². The first kappa shape index (κ1) is 15.7. The van der Waals surface area contributed by atoms with Gasteiger partial charge in [-0.1, -0.05) is 11.8 Å². The maximum Gasteiger partial charge on any atom is 0.222 e. The van der Waals surface area contributed by atoms with Crippen LogP contribution in [0.4, 0.5) is 0 Å². The Hall–Kier alpha value is -1.35. The van der Waals surface area contributed by atoms with Crippen molar-refractivity contribution in [1.29, 1.82) is 0 Å². The fourth-order valence-electron chi connectivity index (χ4n) is 1.55. The van der Waals surface area contributed by atoms with Crippen LogP contribution in [0, 0.1) is 11.8 Å². The summed E-state index contributed by atoms with van der Waals surface area (Å²) in [6.07, 6.45) is 1.25. The Morgan fingerprint density at radius 2 is 2.37 bits per heavy atom. The van der Waals surface area contributed by atoms with E-state index >= 15 is 0 Å². The SMILES string of the molecule is COCCCC(=O)N(C)Cc1cc(C#CCO)cs1. The van der Waals surface area contributed by atoms with E-state index in [-0.39, 0.29) is 12.5 Å². The third-order valence-electron chi connectivity index (χ3n) is 2.52. The van der Waals surface area contributed by atoms with Gasteiger partial charge in [0, 0.05) is 43.0 Å². The molecule has 1 aromatic heterocycles. The molecule has 0 saturated carbocycles. The Morgan fingerprint density at radius 3 is 3.05 bits per heavy atom. The molecule has 1 heterocycles. The zero-order chi connectivity index (χ0) is 14.1. The molecule has 0 saturated heterocycles. The van der Waals surface area contributed by atoms with Crippen LogP contribution < -0.4 is 0 Å². The summed E-state index contributed by atoms with van der Waals surface area (Å²) in [5.41, 5.74) is 0.884. The van der Waals surface area contributed by atoms with E-state index in [0.717, 1.165) is 16.9 Å². The second-order valence-corrected chi connectivity index (χ2v) is 5.10. The van der Waals surface area contributed by atoms with Gasteiger partial charge in [-0.05, 0) is 12.5 Å². The summed E-state index contributed by atoms with van der Waals surface area (Å²) in [7, 11) is 3.43. The molecule has 1 amide bonds. The van der Waals surface area contributed by atoms with E-state index in [1.54, 1.807) is 30.4 Å². The van der Waals surface area contributed by atoms with Gasteiger partial charge in [-0.25, -0.2) is 0 Å². The van der Waals surface area contributed by atoms with Gasteiger partial charge in [0.15, 0.2) is 0 Å². The minimum absolute atomic E-state index is 0.119. The van der Waals surface area contributed by atoms with Gasteiger partial charge in [-0.3, -0.25) is 4.79 Å². The van der Waals surface area contributed by atoms with E-state index in [2.05, 4.69) is 11.8 Å². The van der Waals surface area contributed by atoms with E-state index in [1.807, 2.05) is 11.4 Å². The number of thiophene rings is 1. The summed E-state index contributed by atoms with van der Waals surface area (Å²) in [5, 5.41) is 10.6. The zero-order valence-corrected chi connectivity index (χ0v) is 12.1. The second kappa shape index (κ2) is 8.70. The Labute approximate surface area is 118 Å². The first-order valence-electron chi connectivity index (χ1n) is 6.07. The van der Waals surface area contributed by atoms with Gasteiger partial charge in [-0.15, -0.1) is 11.3 Å². The number of aliphatic hydroxyl groups is 1. The molecule has 1 aromatic rings. The molecule has 0 spiro atoms. The monoisotopic (exact) mass is 281 g/mol. The van der Waals surface area contributed by atoms with Gasteiger partial charge >= 0.3 is 0 Å². The van der Waals surface area contributed by atoms with Gasteiger partial charge in [0.1, 0.15) is 6.61 Å². The normalized spacial score (nSPS) is 9.84. The Morgan fingerprint density at radius 1 is 1.58 bits per heavy atom. The van der Waals surface area contributed by atoms with Crippen LogP contribution in [0.2, 0.25) is 0 Å². The molecule has 0 aliphatic carbocycles. The number of carbonyl (C=O) groups is 1. The third-order valence-corrected chi connectivity index (χ3v) is 3.44. The summed E-state index contributed by atoms with van der Waals surface area (Å²) in [4.78, 5) is 14.6. The summed E-state index contributed by atoms with van der Waals surface area (Å²) in [6.45, 7) is 1.07. The highest BCUT2D eigenvalue weighted by Gasteiger charge is 2.10. The first-order chi connectivity index (χ1) is 9.17. The summed E-state index contributed by atoms with van der Waals surface area (Å²) in [6, 6.07) is 1.95. The van der Waals surface area contributed by atoms with Crippen molar-refractivity contribution in [3.05, 3.63) is 21.9 Å². The Balaban J connectivity index is 2.45. The Bertz CT molecular complexity index is 459. The van der Waals surface area contributed by atoms with Crippen LogP contribution in [-0.2, 0) is 16.1 Å². The van der Waals surface area contributed by atoms with Crippen LogP contribution in [0.15, 0.2) is 11.4 Å². The number of ether oxygens (including phenoxy) is 1. The van der Waals surface area contributed by atoms with Crippen LogP contribution in [0.25, 0.3) is 0 Å². The van der Waals surface area contributed by atoms with Crippen molar-refractivity contribution in [2.75, 3.05) is 27.4 Å². The van der Waals surface area contributed by atoms with Gasteiger partial charge in [0.2, 0.25) is 5.91 Å². The molecule has 4 nitrogen and oxygen atoms in total. The van der Waals surface area contributed by atoms with Crippen molar-refractivity contribution in [1.82, 2.24) is 4.90 Å². The number of aliphatic hydroxyl groups excluding tert-OH is 1. The molecule has 0 aliphatic rings. The largest absolute Gasteiger partial charge is 0.385 e. The van der Waals surface area contributed by atoms with Crippen LogP contribution in [-0.4, -0.2) is 43.3 Å². The van der Waals surface area contributed by atoms with E-state index in [4.69, 9.17) is 9.84 Å². The second-order valence-electron chi connectivity index (χ2n) is 4.11. The van der Waals surface area contributed by atoms with Gasteiger partial charge < -0.3 is 14.7 Å². The molecular formula is C14H19NO3S. The molecule has 1 N–H and O–H groups in total. The van der Waals surface area contributed by atoms with Crippen molar-refractivity contribution in [2.24, 2.45) is 0 Å². The number of amides is 1. The lowest BCUT2D eigenvalue weighted by atomic mass is 10.2. The number of hydrogen-bond donors (Lipinski definition) is 1. The topological polar surface area (TPSA) is 49.8 Å². The number of hydrogen-bond acceptors (Lipinski definition) is 4. The highest BCUT2D eigenvalue weighted by molar-refractivity contribution is 7.10. The van der Waals surface area contributed by atoms with Crippen LogP contribution >= 0.6 is 11.3 Å². The highest BCUT2D eigenvalue weighted by atomic mass is 32.1. The minimum atomic E-state index is -0.136. The van der Waals surface area contributed by atoms with Crippen molar-refractivity contribution in [3.63, 3.8) is 0 Å². The summed E-state index contributed by atoms with van der Waals surface area (Å²) >= 11 is 1.57. The Kier molecular flexibility index (Phi) is 7.19. The van der Waals surface area contributed by atoms with E-state index in [9.17, 15) is 4.79 Å². The smallest absolute Gasteiger partial charge is 0.222 e. The maximum absolute atomic E-state index is 11.8. The predicted octanol–water partition coefficient (Wildman–Crippen LogP) is 1.48. The molecule has 1 rings (SSSR count). The lowest BCUT2D eigenvalue weighted by Crippen LogP contribution is -2.25. The molecule has 0 aromatic carbocycles. The van der Waals surface area contributed by atoms with Crippen LogP contribution in [0.3, 0.4) is 0 Å². The molecule has 0 unspecified atom stereocenters. The lowest BCUT2D eigenvalue weighted by Gasteiger charge is -2.15. The average Bonchev–Trinajstić information content (AvgIpc) is 2.84.